The van der Waals surface area contributed by atoms with E-state index in [1.165, 1.54) is 42.2 Å². The van der Waals surface area contributed by atoms with Crippen LogP contribution in [-0.2, 0) is 12.8 Å². The summed E-state index contributed by atoms with van der Waals surface area (Å²) in [4.78, 5) is 8.64. The van der Waals surface area contributed by atoms with E-state index in [1.807, 2.05) is 18.4 Å². The van der Waals surface area contributed by atoms with Crippen molar-refractivity contribution in [1.82, 2.24) is 15.2 Å². The lowest BCUT2D eigenvalue weighted by Crippen LogP contribution is -2.40. The summed E-state index contributed by atoms with van der Waals surface area (Å²) in [5, 5.41) is 4.53. The van der Waals surface area contributed by atoms with Gasteiger partial charge in [-0.05, 0) is 59.2 Å². The van der Waals surface area contributed by atoms with Gasteiger partial charge in [0.15, 0.2) is 0 Å². The van der Waals surface area contributed by atoms with Crippen molar-refractivity contribution >= 4 is 11.3 Å². The van der Waals surface area contributed by atoms with Crippen molar-refractivity contribution in [2.24, 2.45) is 5.92 Å². The Balaban J connectivity index is 1.84. The van der Waals surface area contributed by atoms with Gasteiger partial charge in [-0.15, -0.1) is 11.3 Å². The van der Waals surface area contributed by atoms with E-state index >= 15 is 0 Å². The molecule has 4 heteroatoms. The summed E-state index contributed by atoms with van der Waals surface area (Å²) in [6.45, 7) is 8.19. The lowest BCUT2D eigenvalue weighted by atomic mass is 9.94. The van der Waals surface area contributed by atoms with Gasteiger partial charge in [0.2, 0.25) is 0 Å². The van der Waals surface area contributed by atoms with Crippen molar-refractivity contribution < 1.29 is 0 Å². The predicted molar refractivity (Wildman–Crippen MR) is 82.9 cm³/mol. The average Bonchev–Trinajstić information content (AvgIpc) is 2.84. The molecule has 0 saturated carbocycles. The van der Waals surface area contributed by atoms with E-state index in [2.05, 4.69) is 35.2 Å². The van der Waals surface area contributed by atoms with Crippen LogP contribution in [0.25, 0.3) is 0 Å². The van der Waals surface area contributed by atoms with Crippen LogP contribution in [-0.4, -0.2) is 42.6 Å². The number of rotatable bonds is 6. The van der Waals surface area contributed by atoms with Crippen molar-refractivity contribution in [3.63, 3.8) is 0 Å². The molecule has 3 nitrogen and oxygen atoms in total. The standard InChI is InChI=1S/C15H27N3S/c1-12(2)18-8-4-5-13(11-18)9-15-17-10-14(19-15)6-7-16-3/h10,12-13,16H,4-9,11H2,1-3H3. The molecule has 1 N–H and O–H groups in total. The number of likely N-dealkylation sites (N-methyl/N-ethyl adjacent to an activating group) is 1. The lowest BCUT2D eigenvalue weighted by molar-refractivity contribution is 0.139. The first-order valence-electron chi connectivity index (χ1n) is 7.51. The van der Waals surface area contributed by atoms with Crippen LogP contribution in [0.3, 0.4) is 0 Å². The zero-order chi connectivity index (χ0) is 13.7. The second-order valence-corrected chi connectivity index (χ2v) is 7.07. The molecular weight excluding hydrogens is 254 g/mol. The first-order valence-corrected chi connectivity index (χ1v) is 8.33. The Morgan fingerprint density at radius 1 is 1.53 bits per heavy atom. The van der Waals surface area contributed by atoms with Crippen molar-refractivity contribution in [1.29, 1.82) is 0 Å². The van der Waals surface area contributed by atoms with Crippen molar-refractivity contribution in [2.45, 2.75) is 45.6 Å². The largest absolute Gasteiger partial charge is 0.319 e. The maximum absolute atomic E-state index is 4.61. The highest BCUT2D eigenvalue weighted by Crippen LogP contribution is 2.24. The third kappa shape index (κ3) is 4.55. The minimum Gasteiger partial charge on any atom is -0.319 e. The molecular formula is C15H27N3S. The maximum atomic E-state index is 4.61. The molecule has 0 amide bonds. The molecule has 0 bridgehead atoms. The Labute approximate surface area is 121 Å². The normalized spacial score (nSPS) is 21.2. The van der Waals surface area contributed by atoms with Gasteiger partial charge in [0, 0.05) is 30.1 Å². The third-order valence-corrected chi connectivity index (χ3v) is 5.05. The summed E-state index contributed by atoms with van der Waals surface area (Å²) in [6, 6.07) is 0.685. The number of aromatic nitrogens is 1. The minimum atomic E-state index is 0.685. The SMILES string of the molecule is CNCCc1cnc(CC2CCCN(C(C)C)C2)s1. The van der Waals surface area contributed by atoms with Gasteiger partial charge in [-0.1, -0.05) is 0 Å². The number of hydrogen-bond acceptors (Lipinski definition) is 4. The van der Waals surface area contributed by atoms with Crippen molar-refractivity contribution in [3.8, 4) is 0 Å². The Morgan fingerprint density at radius 3 is 3.11 bits per heavy atom. The Bertz CT molecular complexity index is 375. The molecule has 2 rings (SSSR count). The highest BCUT2D eigenvalue weighted by molar-refractivity contribution is 7.11. The quantitative estimate of drug-likeness (QED) is 0.868. The summed E-state index contributed by atoms with van der Waals surface area (Å²) < 4.78 is 0. The van der Waals surface area contributed by atoms with Crippen LogP contribution in [0.4, 0.5) is 0 Å². The van der Waals surface area contributed by atoms with E-state index in [0.29, 0.717) is 6.04 Å². The van der Waals surface area contributed by atoms with E-state index in [-0.39, 0.29) is 0 Å². The summed E-state index contributed by atoms with van der Waals surface area (Å²) in [5.74, 6) is 0.805. The average molecular weight is 281 g/mol. The van der Waals surface area contributed by atoms with E-state index < -0.39 is 0 Å². The maximum Gasteiger partial charge on any atom is 0.0930 e. The topological polar surface area (TPSA) is 28.2 Å². The summed E-state index contributed by atoms with van der Waals surface area (Å²) in [7, 11) is 2.00. The molecule has 2 heterocycles. The molecule has 1 unspecified atom stereocenters. The van der Waals surface area contributed by atoms with Gasteiger partial charge in [0.25, 0.3) is 0 Å². The Hall–Kier alpha value is -0.450. The molecule has 1 fully saturated rings. The van der Waals surface area contributed by atoms with Gasteiger partial charge >= 0.3 is 0 Å². The molecule has 0 aromatic carbocycles. The second-order valence-electron chi connectivity index (χ2n) is 5.87. The molecule has 0 spiro atoms. The van der Waals surface area contributed by atoms with E-state index in [0.717, 1.165) is 18.9 Å². The summed E-state index contributed by atoms with van der Waals surface area (Å²) in [5.41, 5.74) is 0. The molecule has 108 valence electrons. The molecule has 19 heavy (non-hydrogen) atoms. The van der Waals surface area contributed by atoms with Gasteiger partial charge in [0.05, 0.1) is 5.01 Å². The second kappa shape index (κ2) is 7.36. The summed E-state index contributed by atoms with van der Waals surface area (Å²) >= 11 is 1.91. The zero-order valence-electron chi connectivity index (χ0n) is 12.5. The van der Waals surface area contributed by atoms with Gasteiger partial charge < -0.3 is 10.2 Å². The molecule has 1 saturated heterocycles. The van der Waals surface area contributed by atoms with Gasteiger partial charge in [-0.2, -0.15) is 0 Å². The van der Waals surface area contributed by atoms with Crippen LogP contribution in [0.5, 0.6) is 0 Å². The van der Waals surface area contributed by atoms with E-state index in [4.69, 9.17) is 0 Å². The fourth-order valence-corrected chi connectivity index (χ4v) is 3.82. The Morgan fingerprint density at radius 2 is 2.37 bits per heavy atom. The number of hydrogen-bond donors (Lipinski definition) is 1. The van der Waals surface area contributed by atoms with Crippen molar-refractivity contribution in [2.75, 3.05) is 26.7 Å². The first-order chi connectivity index (χ1) is 9.19. The van der Waals surface area contributed by atoms with E-state index in [9.17, 15) is 0 Å². The number of likely N-dealkylation sites (tertiary alicyclic amines) is 1. The number of thiazole rings is 1. The van der Waals surface area contributed by atoms with Crippen LogP contribution >= 0.6 is 11.3 Å². The van der Waals surface area contributed by atoms with Crippen molar-refractivity contribution in [3.05, 3.63) is 16.1 Å². The molecule has 1 atom stereocenters. The highest BCUT2D eigenvalue weighted by Gasteiger charge is 2.22. The van der Waals surface area contributed by atoms with Crippen LogP contribution in [0.2, 0.25) is 0 Å². The van der Waals surface area contributed by atoms with Gasteiger partial charge in [-0.3, -0.25) is 0 Å². The lowest BCUT2D eigenvalue weighted by Gasteiger charge is -2.35. The number of nitrogens with zero attached hydrogens (tertiary/aromatic N) is 2. The number of nitrogens with one attached hydrogen (secondary N) is 1. The molecule has 1 aliphatic rings. The molecule has 0 aliphatic carbocycles. The van der Waals surface area contributed by atoms with Crippen LogP contribution < -0.4 is 5.32 Å². The molecule has 0 radical (unpaired) electrons. The monoisotopic (exact) mass is 281 g/mol. The summed E-state index contributed by atoms with van der Waals surface area (Å²) in [6.07, 6.45) is 7.07. The van der Waals surface area contributed by atoms with Gasteiger partial charge in [0.1, 0.15) is 0 Å². The van der Waals surface area contributed by atoms with Crippen LogP contribution in [0, 0.1) is 5.92 Å². The fraction of sp³-hybridized carbons (Fsp3) is 0.800. The first kappa shape index (κ1) is 14.9. The van der Waals surface area contributed by atoms with Gasteiger partial charge in [-0.25, -0.2) is 4.98 Å². The highest BCUT2D eigenvalue weighted by atomic mass is 32.1. The number of piperidine rings is 1. The third-order valence-electron chi connectivity index (χ3n) is 3.97. The molecule has 1 aromatic rings. The smallest absolute Gasteiger partial charge is 0.0930 e. The molecule has 1 aromatic heterocycles. The zero-order valence-corrected chi connectivity index (χ0v) is 13.3. The van der Waals surface area contributed by atoms with E-state index in [1.54, 1.807) is 0 Å². The minimum absolute atomic E-state index is 0.685. The van der Waals surface area contributed by atoms with Crippen LogP contribution in [0.15, 0.2) is 6.20 Å². The predicted octanol–water partition coefficient (Wildman–Crippen LogP) is 2.57. The Kier molecular flexibility index (Phi) is 5.79. The van der Waals surface area contributed by atoms with Crippen LogP contribution in [0.1, 0.15) is 36.6 Å². The fourth-order valence-electron chi connectivity index (χ4n) is 2.79. The molecule has 1 aliphatic heterocycles.